The largest absolute Gasteiger partial charge is 0.459 e. The zero-order valence-corrected chi connectivity index (χ0v) is 6.56. The van der Waals surface area contributed by atoms with Crippen LogP contribution in [0, 0.1) is 0 Å². The maximum Gasteiger partial charge on any atom is 0.141 e. The number of rotatable bonds is 0. The van der Waals surface area contributed by atoms with E-state index < -0.39 is 0 Å². The highest BCUT2D eigenvalue weighted by Crippen LogP contribution is 2.17. The molecule has 0 aliphatic carbocycles. The van der Waals surface area contributed by atoms with Crippen molar-refractivity contribution in [2.45, 2.75) is 20.8 Å². The van der Waals surface area contributed by atoms with Crippen LogP contribution in [0.2, 0.25) is 0 Å². The lowest BCUT2D eigenvalue weighted by Crippen LogP contribution is -2.06. The second kappa shape index (κ2) is 2.29. The molecule has 1 heterocycles. The van der Waals surface area contributed by atoms with Crippen molar-refractivity contribution in [2.24, 2.45) is 4.99 Å². The van der Waals surface area contributed by atoms with Crippen LogP contribution in [0.25, 0.3) is 0 Å². The minimum Gasteiger partial charge on any atom is -0.459 e. The van der Waals surface area contributed by atoms with Gasteiger partial charge in [-0.05, 0) is 20.8 Å². The molecule has 0 unspecified atom stereocenters. The molecule has 0 saturated carbocycles. The van der Waals surface area contributed by atoms with Crippen molar-refractivity contribution < 1.29 is 4.74 Å². The number of hydrogen-bond acceptors (Lipinski definition) is 2. The zero-order chi connectivity index (χ0) is 7.72. The van der Waals surface area contributed by atoms with Crippen LogP contribution in [-0.4, -0.2) is 5.71 Å². The highest BCUT2D eigenvalue weighted by molar-refractivity contribution is 5.97. The lowest BCUT2D eigenvalue weighted by atomic mass is 10.3. The van der Waals surface area contributed by atoms with E-state index in [1.165, 1.54) is 0 Å². The molecule has 10 heavy (non-hydrogen) atoms. The van der Waals surface area contributed by atoms with E-state index in [1.807, 2.05) is 20.8 Å². The van der Waals surface area contributed by atoms with Crippen LogP contribution >= 0.6 is 0 Å². The molecular formula is C8H11NO. The Kier molecular flexibility index (Phi) is 1.62. The summed E-state index contributed by atoms with van der Waals surface area (Å²) in [6.07, 6.45) is 0. The summed E-state index contributed by atoms with van der Waals surface area (Å²) in [5, 5.41) is 0. The minimum atomic E-state index is 0.656. The first-order valence-electron chi connectivity index (χ1n) is 3.21. The summed E-state index contributed by atoms with van der Waals surface area (Å²) in [6, 6.07) is 0. The first-order chi connectivity index (χ1) is 4.61. The normalized spacial score (nSPS) is 18.7. The van der Waals surface area contributed by atoms with Gasteiger partial charge in [0.2, 0.25) is 0 Å². The van der Waals surface area contributed by atoms with Crippen molar-refractivity contribution in [3.05, 3.63) is 23.8 Å². The van der Waals surface area contributed by atoms with Crippen LogP contribution in [-0.2, 0) is 4.74 Å². The molecule has 0 spiro atoms. The standard InChI is InChI=1S/C8H11NO/c1-5-7(3)10-8(4)6(2)9-5/h3H2,1-2,4H3. The molecule has 0 amide bonds. The van der Waals surface area contributed by atoms with Gasteiger partial charge in [-0.15, -0.1) is 0 Å². The van der Waals surface area contributed by atoms with E-state index in [9.17, 15) is 0 Å². The van der Waals surface area contributed by atoms with E-state index in [0.717, 1.165) is 17.2 Å². The molecule has 1 aliphatic heterocycles. The van der Waals surface area contributed by atoms with Gasteiger partial charge in [0.1, 0.15) is 11.5 Å². The number of ether oxygens (including phenoxy) is 1. The molecule has 1 rings (SSSR count). The monoisotopic (exact) mass is 137 g/mol. The third-order valence-corrected chi connectivity index (χ3v) is 1.52. The van der Waals surface area contributed by atoms with Gasteiger partial charge in [0.25, 0.3) is 0 Å². The summed E-state index contributed by atoms with van der Waals surface area (Å²) in [5.41, 5.74) is 1.80. The Balaban J connectivity index is 2.99. The van der Waals surface area contributed by atoms with Gasteiger partial charge in [-0.25, -0.2) is 0 Å². The van der Waals surface area contributed by atoms with E-state index in [1.54, 1.807) is 0 Å². The molecule has 0 aromatic heterocycles. The number of nitrogens with zero attached hydrogens (tertiary/aromatic N) is 1. The predicted octanol–water partition coefficient (Wildman–Crippen LogP) is 2.24. The number of aliphatic imine (C=N–C) groups is 1. The van der Waals surface area contributed by atoms with E-state index in [-0.39, 0.29) is 0 Å². The lowest BCUT2D eigenvalue weighted by Gasteiger charge is -2.15. The molecule has 0 atom stereocenters. The van der Waals surface area contributed by atoms with Crippen LogP contribution in [0.5, 0.6) is 0 Å². The third kappa shape index (κ3) is 1.10. The summed E-state index contributed by atoms with van der Waals surface area (Å²) in [6.45, 7) is 9.39. The molecule has 54 valence electrons. The summed E-state index contributed by atoms with van der Waals surface area (Å²) >= 11 is 0. The third-order valence-electron chi connectivity index (χ3n) is 1.52. The maximum atomic E-state index is 5.27. The summed E-state index contributed by atoms with van der Waals surface area (Å²) in [4.78, 5) is 4.22. The number of allylic oxidation sites excluding steroid dienone is 3. The number of hydrogen-bond donors (Lipinski definition) is 0. The molecule has 1 aliphatic rings. The molecule has 0 radical (unpaired) electrons. The average molecular weight is 137 g/mol. The molecule has 0 aromatic rings. The van der Waals surface area contributed by atoms with Crippen molar-refractivity contribution in [1.29, 1.82) is 0 Å². The van der Waals surface area contributed by atoms with Gasteiger partial charge in [0, 0.05) is 0 Å². The Morgan fingerprint density at radius 3 is 2.40 bits per heavy atom. The van der Waals surface area contributed by atoms with Crippen molar-refractivity contribution in [3.63, 3.8) is 0 Å². The van der Waals surface area contributed by atoms with Crippen LogP contribution in [0.4, 0.5) is 0 Å². The highest BCUT2D eigenvalue weighted by atomic mass is 16.5. The molecule has 0 aromatic carbocycles. The Hall–Kier alpha value is -1.05. The predicted molar refractivity (Wildman–Crippen MR) is 41.7 cm³/mol. The molecule has 0 saturated heterocycles. The van der Waals surface area contributed by atoms with Crippen LogP contribution in [0.15, 0.2) is 28.8 Å². The average Bonchev–Trinajstić information content (AvgIpc) is 1.84. The molecule has 0 N–H and O–H groups in total. The Morgan fingerprint density at radius 2 is 1.90 bits per heavy atom. The topological polar surface area (TPSA) is 21.6 Å². The van der Waals surface area contributed by atoms with Crippen LogP contribution in [0.3, 0.4) is 0 Å². The molecular weight excluding hydrogens is 126 g/mol. The summed E-state index contributed by atoms with van der Waals surface area (Å²) < 4.78 is 5.27. The van der Waals surface area contributed by atoms with E-state index in [0.29, 0.717) is 5.76 Å². The fourth-order valence-electron chi connectivity index (χ4n) is 0.725. The minimum absolute atomic E-state index is 0.656. The Labute approximate surface area is 60.9 Å². The quantitative estimate of drug-likeness (QED) is 0.501. The Bertz CT molecular complexity index is 236. The Morgan fingerprint density at radius 1 is 1.30 bits per heavy atom. The van der Waals surface area contributed by atoms with Crippen molar-refractivity contribution in [1.82, 2.24) is 0 Å². The van der Waals surface area contributed by atoms with Gasteiger partial charge >= 0.3 is 0 Å². The second-order valence-corrected chi connectivity index (χ2v) is 2.36. The van der Waals surface area contributed by atoms with Gasteiger partial charge in [-0.1, -0.05) is 6.58 Å². The molecule has 2 heteroatoms. The second-order valence-electron chi connectivity index (χ2n) is 2.36. The van der Waals surface area contributed by atoms with Gasteiger partial charge in [-0.2, -0.15) is 0 Å². The summed E-state index contributed by atoms with van der Waals surface area (Å²) in [5.74, 6) is 1.50. The first kappa shape index (κ1) is 7.06. The van der Waals surface area contributed by atoms with Gasteiger partial charge < -0.3 is 4.74 Å². The van der Waals surface area contributed by atoms with Gasteiger partial charge in [-0.3, -0.25) is 4.99 Å². The van der Waals surface area contributed by atoms with Gasteiger partial charge in [0.05, 0.1) is 11.4 Å². The van der Waals surface area contributed by atoms with Crippen molar-refractivity contribution in [2.75, 3.05) is 0 Å². The van der Waals surface area contributed by atoms with Gasteiger partial charge in [0.15, 0.2) is 0 Å². The molecule has 0 fully saturated rings. The molecule has 0 bridgehead atoms. The SMILES string of the molecule is C=C1OC(C)=C(C)N=C1C. The zero-order valence-electron chi connectivity index (χ0n) is 6.56. The highest BCUT2D eigenvalue weighted by Gasteiger charge is 2.09. The van der Waals surface area contributed by atoms with Crippen molar-refractivity contribution >= 4 is 5.71 Å². The smallest absolute Gasteiger partial charge is 0.141 e. The lowest BCUT2D eigenvalue weighted by molar-refractivity contribution is 0.320. The van der Waals surface area contributed by atoms with Crippen molar-refractivity contribution in [3.8, 4) is 0 Å². The van der Waals surface area contributed by atoms with E-state index >= 15 is 0 Å². The first-order valence-corrected chi connectivity index (χ1v) is 3.21. The summed E-state index contributed by atoms with van der Waals surface area (Å²) in [7, 11) is 0. The van der Waals surface area contributed by atoms with E-state index in [4.69, 9.17) is 4.74 Å². The van der Waals surface area contributed by atoms with E-state index in [2.05, 4.69) is 11.6 Å². The van der Waals surface area contributed by atoms with Crippen LogP contribution in [0.1, 0.15) is 20.8 Å². The fourth-order valence-corrected chi connectivity index (χ4v) is 0.725. The van der Waals surface area contributed by atoms with Crippen LogP contribution < -0.4 is 0 Å². The molecule has 2 nitrogen and oxygen atoms in total. The maximum absolute atomic E-state index is 5.27. The fraction of sp³-hybridized carbons (Fsp3) is 0.375.